The first-order chi connectivity index (χ1) is 9.27. The van der Waals surface area contributed by atoms with E-state index < -0.39 is 11.7 Å². The van der Waals surface area contributed by atoms with E-state index in [-0.39, 0.29) is 4.83 Å². The highest BCUT2D eigenvalue weighted by atomic mass is 79.9. The van der Waals surface area contributed by atoms with Gasteiger partial charge in [0.15, 0.2) is 0 Å². The number of thiophene rings is 1. The zero-order valence-electron chi connectivity index (χ0n) is 9.85. The number of alkyl halides is 4. The van der Waals surface area contributed by atoms with Gasteiger partial charge < -0.3 is 0 Å². The van der Waals surface area contributed by atoms with E-state index >= 15 is 0 Å². The molecule has 0 spiro atoms. The molecule has 20 heavy (non-hydrogen) atoms. The molecule has 0 aliphatic carbocycles. The van der Waals surface area contributed by atoms with Gasteiger partial charge in [-0.3, -0.25) is 0 Å². The summed E-state index contributed by atoms with van der Waals surface area (Å²) in [6.45, 7) is 0. The molecule has 108 valence electrons. The van der Waals surface area contributed by atoms with Crippen LogP contribution >= 0.6 is 59.1 Å². The third-order valence-corrected chi connectivity index (χ3v) is 5.92. The fraction of sp³-hybridized carbons (Fsp3) is 0.231. The SMILES string of the molecule is FC(F)(F)c1ccc(CC(Br)c2cc(Br)sc2Br)cc1. The lowest BCUT2D eigenvalue weighted by Gasteiger charge is -2.11. The third kappa shape index (κ3) is 4.08. The summed E-state index contributed by atoms with van der Waals surface area (Å²) < 4.78 is 39.5. The van der Waals surface area contributed by atoms with Gasteiger partial charge in [0.2, 0.25) is 0 Å². The average molecular weight is 493 g/mol. The molecule has 2 rings (SSSR count). The summed E-state index contributed by atoms with van der Waals surface area (Å²) in [4.78, 5) is 0.0520. The predicted molar refractivity (Wildman–Crippen MR) is 86.5 cm³/mol. The van der Waals surface area contributed by atoms with E-state index in [9.17, 15) is 13.2 Å². The second-order valence-electron chi connectivity index (χ2n) is 4.15. The van der Waals surface area contributed by atoms with Crippen LogP contribution in [-0.4, -0.2) is 0 Å². The Morgan fingerprint density at radius 2 is 1.70 bits per heavy atom. The molecule has 1 unspecified atom stereocenters. The van der Waals surface area contributed by atoms with Gasteiger partial charge in [-0.25, -0.2) is 0 Å². The third-order valence-electron chi connectivity index (χ3n) is 2.72. The van der Waals surface area contributed by atoms with Gasteiger partial charge in [-0.2, -0.15) is 13.2 Å². The van der Waals surface area contributed by atoms with Crippen LogP contribution in [0.3, 0.4) is 0 Å². The molecule has 1 aromatic carbocycles. The van der Waals surface area contributed by atoms with Crippen LogP contribution in [0.15, 0.2) is 37.9 Å². The smallest absolute Gasteiger partial charge is 0.166 e. The van der Waals surface area contributed by atoms with E-state index in [4.69, 9.17) is 0 Å². The fourth-order valence-electron chi connectivity index (χ4n) is 1.71. The van der Waals surface area contributed by atoms with Crippen molar-refractivity contribution in [3.8, 4) is 0 Å². The first kappa shape index (κ1) is 16.5. The van der Waals surface area contributed by atoms with Crippen LogP contribution in [0.1, 0.15) is 21.5 Å². The van der Waals surface area contributed by atoms with Crippen molar-refractivity contribution in [2.45, 2.75) is 17.4 Å². The molecular weight excluding hydrogens is 485 g/mol. The molecule has 0 fully saturated rings. The van der Waals surface area contributed by atoms with Crippen LogP contribution in [-0.2, 0) is 12.6 Å². The second kappa shape index (κ2) is 6.50. The van der Waals surface area contributed by atoms with E-state index in [0.717, 1.165) is 30.8 Å². The van der Waals surface area contributed by atoms with Gasteiger partial charge in [-0.05, 0) is 67.6 Å². The molecule has 0 radical (unpaired) electrons. The summed E-state index contributed by atoms with van der Waals surface area (Å²) in [7, 11) is 0. The molecule has 0 saturated heterocycles. The normalized spacial score (nSPS) is 13.5. The molecule has 1 aromatic heterocycles. The fourth-order valence-corrected chi connectivity index (χ4v) is 5.88. The number of halogens is 6. The van der Waals surface area contributed by atoms with Crippen molar-refractivity contribution in [2.24, 2.45) is 0 Å². The summed E-state index contributed by atoms with van der Waals surface area (Å²) in [6.07, 6.45) is -3.66. The summed E-state index contributed by atoms with van der Waals surface area (Å²) >= 11 is 12.0. The van der Waals surface area contributed by atoms with Crippen LogP contribution in [0.4, 0.5) is 13.2 Å². The van der Waals surface area contributed by atoms with Gasteiger partial charge in [-0.15, -0.1) is 11.3 Å². The van der Waals surface area contributed by atoms with Gasteiger partial charge in [-0.1, -0.05) is 28.1 Å². The number of benzene rings is 1. The minimum Gasteiger partial charge on any atom is -0.166 e. The standard InChI is InChI=1S/C13H8Br3F3S/c14-10(9-6-11(15)20-12(9)16)5-7-1-3-8(4-2-7)13(17,18)19/h1-4,6,10H,5H2. The molecular formula is C13H8Br3F3S. The average Bonchev–Trinajstić information content (AvgIpc) is 2.68. The highest BCUT2D eigenvalue weighted by molar-refractivity contribution is 9.12. The Balaban J connectivity index is 2.12. The molecule has 0 N–H and O–H groups in total. The minimum absolute atomic E-state index is 0.0520. The lowest BCUT2D eigenvalue weighted by molar-refractivity contribution is -0.137. The highest BCUT2D eigenvalue weighted by Gasteiger charge is 2.30. The van der Waals surface area contributed by atoms with Gasteiger partial charge in [0.25, 0.3) is 0 Å². The van der Waals surface area contributed by atoms with Crippen LogP contribution in [0.5, 0.6) is 0 Å². The second-order valence-corrected chi connectivity index (χ2v) is 9.00. The first-order valence-electron chi connectivity index (χ1n) is 5.52. The maximum Gasteiger partial charge on any atom is 0.416 e. The summed E-state index contributed by atoms with van der Waals surface area (Å²) in [5.41, 5.74) is 1.32. The Kier molecular flexibility index (Phi) is 5.37. The summed E-state index contributed by atoms with van der Waals surface area (Å²) in [6, 6.07) is 7.28. The highest BCUT2D eigenvalue weighted by Crippen LogP contribution is 2.40. The van der Waals surface area contributed by atoms with Crippen molar-refractivity contribution >= 4 is 59.1 Å². The van der Waals surface area contributed by atoms with Crippen molar-refractivity contribution in [1.29, 1.82) is 0 Å². The monoisotopic (exact) mass is 490 g/mol. The molecule has 1 heterocycles. The van der Waals surface area contributed by atoms with Gasteiger partial charge in [0, 0.05) is 4.83 Å². The van der Waals surface area contributed by atoms with E-state index in [1.807, 2.05) is 6.07 Å². The molecule has 0 bridgehead atoms. The van der Waals surface area contributed by atoms with Crippen molar-refractivity contribution in [2.75, 3.05) is 0 Å². The Hall–Kier alpha value is 0.150. The number of rotatable bonds is 3. The topological polar surface area (TPSA) is 0 Å². The zero-order chi connectivity index (χ0) is 14.9. The van der Waals surface area contributed by atoms with Crippen molar-refractivity contribution in [1.82, 2.24) is 0 Å². The van der Waals surface area contributed by atoms with Crippen LogP contribution < -0.4 is 0 Å². The molecule has 0 aliphatic rings. The molecule has 0 aliphatic heterocycles. The van der Waals surface area contributed by atoms with Crippen molar-refractivity contribution in [3.63, 3.8) is 0 Å². The molecule has 0 saturated carbocycles. The molecule has 7 heteroatoms. The lowest BCUT2D eigenvalue weighted by atomic mass is 10.0. The molecule has 0 nitrogen and oxygen atoms in total. The number of hydrogen-bond acceptors (Lipinski definition) is 1. The number of hydrogen-bond donors (Lipinski definition) is 0. The molecule has 0 amide bonds. The van der Waals surface area contributed by atoms with Gasteiger partial charge in [0.1, 0.15) is 0 Å². The van der Waals surface area contributed by atoms with E-state index in [1.165, 1.54) is 12.1 Å². The van der Waals surface area contributed by atoms with E-state index in [2.05, 4.69) is 47.8 Å². The van der Waals surface area contributed by atoms with Crippen molar-refractivity contribution in [3.05, 3.63) is 54.6 Å². The Morgan fingerprint density at radius 1 is 1.10 bits per heavy atom. The molecule has 1 atom stereocenters. The van der Waals surface area contributed by atoms with Crippen molar-refractivity contribution < 1.29 is 13.2 Å². The summed E-state index contributed by atoms with van der Waals surface area (Å²) in [5, 5.41) is 0. The Morgan fingerprint density at radius 3 is 2.15 bits per heavy atom. The zero-order valence-corrected chi connectivity index (χ0v) is 15.4. The largest absolute Gasteiger partial charge is 0.416 e. The first-order valence-corrected chi connectivity index (χ1v) is 8.84. The minimum atomic E-state index is -4.28. The summed E-state index contributed by atoms with van der Waals surface area (Å²) in [5.74, 6) is 0. The maximum absolute atomic E-state index is 12.5. The van der Waals surface area contributed by atoms with Crippen LogP contribution in [0.25, 0.3) is 0 Å². The van der Waals surface area contributed by atoms with E-state index in [1.54, 1.807) is 11.3 Å². The van der Waals surface area contributed by atoms with Crippen LogP contribution in [0, 0.1) is 0 Å². The quantitative estimate of drug-likeness (QED) is 0.406. The Bertz CT molecular complexity index is 590. The van der Waals surface area contributed by atoms with Crippen LogP contribution in [0.2, 0.25) is 0 Å². The van der Waals surface area contributed by atoms with Gasteiger partial charge >= 0.3 is 6.18 Å². The van der Waals surface area contributed by atoms with Gasteiger partial charge in [0.05, 0.1) is 13.1 Å². The van der Waals surface area contributed by atoms with E-state index in [0.29, 0.717) is 6.42 Å². The predicted octanol–water partition coefficient (Wildman–Crippen LogP) is 6.97. The maximum atomic E-state index is 12.5. The Labute approximate surface area is 143 Å². The molecule has 2 aromatic rings. The lowest BCUT2D eigenvalue weighted by Crippen LogP contribution is -2.04.